The molecular formula is C93H142Cl4N14O21. The quantitative estimate of drug-likeness (QED) is 0.00862. The third-order valence-corrected chi connectivity index (χ3v) is 25.2. The van der Waals surface area contributed by atoms with Gasteiger partial charge in [0.15, 0.2) is 0 Å². The second kappa shape index (κ2) is 58.9. The Morgan fingerprint density at radius 2 is 0.674 bits per heavy atom. The van der Waals surface area contributed by atoms with Crippen LogP contribution in [0.3, 0.4) is 0 Å². The summed E-state index contributed by atoms with van der Waals surface area (Å²) < 4.78 is 65.8. The lowest BCUT2D eigenvalue weighted by atomic mass is 9.86. The monoisotopic (exact) mass is 1930 g/mol. The first-order chi connectivity index (χ1) is 63.6. The number of amides is 3. The minimum Gasteiger partial charge on any atom is -0.496 e. The summed E-state index contributed by atoms with van der Waals surface area (Å²) in [6.45, 7) is 32.3. The average Bonchev–Trinajstić information content (AvgIpc) is 0.843. The number of benzene rings is 4. The van der Waals surface area contributed by atoms with E-state index in [1.54, 1.807) is 18.2 Å². The van der Waals surface area contributed by atoms with E-state index in [0.717, 1.165) is 201 Å². The number of piperidine rings is 6. The van der Waals surface area contributed by atoms with E-state index in [0.29, 0.717) is 188 Å². The van der Waals surface area contributed by atoms with Crippen molar-refractivity contribution in [3.8, 4) is 23.0 Å². The molecule has 35 nitrogen and oxygen atoms in total. The molecule has 0 aromatic heterocycles. The van der Waals surface area contributed by atoms with Gasteiger partial charge in [-0.15, -0.1) is 0 Å². The van der Waals surface area contributed by atoms with Crippen molar-refractivity contribution < 1.29 is 100 Å². The maximum Gasteiger partial charge on any atom is 0.339 e. The molecule has 10 aliphatic heterocycles. The molecule has 39 heteroatoms. The molecule has 132 heavy (non-hydrogen) atoms. The highest BCUT2D eigenvalue weighted by Gasteiger charge is 2.39. The van der Waals surface area contributed by atoms with Gasteiger partial charge in [-0.25, -0.2) is 4.79 Å². The van der Waals surface area contributed by atoms with Crippen LogP contribution in [-0.2, 0) is 57.1 Å². The van der Waals surface area contributed by atoms with Crippen molar-refractivity contribution in [2.24, 2.45) is 17.6 Å². The van der Waals surface area contributed by atoms with E-state index < -0.39 is 5.97 Å². The van der Waals surface area contributed by atoms with Crippen molar-refractivity contribution >= 4 is 117 Å². The fraction of sp³-hybridized carbons (Fsp3) is 0.656. The number of carbonyl (C=O) groups is 8. The molecule has 14 rings (SSSR count). The van der Waals surface area contributed by atoms with E-state index in [-0.39, 0.29) is 94.6 Å². The number of carboxylic acid groups (broad SMARTS) is 1. The summed E-state index contributed by atoms with van der Waals surface area (Å²) in [6, 6.07) is 12.0. The van der Waals surface area contributed by atoms with Crippen molar-refractivity contribution in [3.63, 3.8) is 0 Å². The van der Waals surface area contributed by atoms with Gasteiger partial charge < -0.3 is 107 Å². The lowest BCUT2D eigenvalue weighted by Gasteiger charge is -2.43. The smallest absolute Gasteiger partial charge is 0.339 e. The number of rotatable bonds is 42. The highest BCUT2D eigenvalue weighted by Crippen LogP contribution is 2.36. The number of ether oxygens (including phenoxy) is 12. The van der Waals surface area contributed by atoms with Gasteiger partial charge in [0.2, 0.25) is 0 Å². The van der Waals surface area contributed by atoms with Gasteiger partial charge in [0.25, 0.3) is 17.7 Å². The van der Waals surface area contributed by atoms with Gasteiger partial charge in [0, 0.05) is 142 Å². The molecule has 0 saturated carbocycles. The molecule has 1 unspecified atom stereocenters. The minimum atomic E-state index is -1.10. The number of fused-ring (bicyclic) bond motifs is 6. The van der Waals surface area contributed by atoms with Crippen LogP contribution in [0.2, 0.25) is 20.1 Å². The third-order valence-electron chi connectivity index (χ3n) is 23.9. The summed E-state index contributed by atoms with van der Waals surface area (Å²) in [6.07, 6.45) is 13.7. The Kier molecular flexibility index (Phi) is 48.7. The van der Waals surface area contributed by atoms with E-state index >= 15 is 0 Å². The lowest BCUT2D eigenvalue weighted by molar-refractivity contribution is -0.159. The fourth-order valence-corrected chi connectivity index (χ4v) is 17.4. The summed E-state index contributed by atoms with van der Waals surface area (Å²) in [4.78, 5) is 110. The van der Waals surface area contributed by atoms with E-state index in [1.165, 1.54) is 37.4 Å². The van der Waals surface area contributed by atoms with Crippen molar-refractivity contribution in [2.45, 2.75) is 174 Å². The largest absolute Gasteiger partial charge is 0.496 e. The fourth-order valence-electron chi connectivity index (χ4n) is 16.8. The summed E-state index contributed by atoms with van der Waals surface area (Å²) in [5.41, 5.74) is 31.0. The van der Waals surface area contributed by atoms with Gasteiger partial charge in [-0.3, -0.25) is 63.0 Å². The molecule has 4 aromatic rings. The molecule has 0 spiro atoms. The van der Waals surface area contributed by atoms with Crippen LogP contribution in [0.4, 0.5) is 22.7 Å². The number of hydrogen-bond donors (Lipinski definition) is 9. The number of carboxylic acids is 1. The van der Waals surface area contributed by atoms with Gasteiger partial charge in [-0.05, 0) is 200 Å². The summed E-state index contributed by atoms with van der Waals surface area (Å²) >= 11 is 24.0. The number of nitrogens with two attached hydrogens (primary N) is 5. The molecule has 4 aromatic carbocycles. The molecule has 6 atom stereocenters. The van der Waals surface area contributed by atoms with Crippen molar-refractivity contribution in [1.29, 1.82) is 0 Å². The number of esters is 4. The second-order valence-electron chi connectivity index (χ2n) is 33.6. The number of anilines is 4. The van der Waals surface area contributed by atoms with Crippen molar-refractivity contribution in [1.82, 2.24) is 45.3 Å². The van der Waals surface area contributed by atoms with Gasteiger partial charge in [0.1, 0.15) is 40.8 Å². The molecule has 10 aliphatic rings. The topological polar surface area (TPSA) is 453 Å². The number of unbranched alkanes of at least 4 members (excludes halogenated alkanes) is 4. The second-order valence-corrected chi connectivity index (χ2v) is 35.2. The Balaban J connectivity index is 0.000000212. The summed E-state index contributed by atoms with van der Waals surface area (Å²) in [5, 5.41) is 18.6. The van der Waals surface area contributed by atoms with Crippen LogP contribution in [0.15, 0.2) is 48.5 Å². The first kappa shape index (κ1) is 109. The van der Waals surface area contributed by atoms with Crippen LogP contribution in [-0.4, -0.2) is 329 Å². The molecule has 10 saturated heterocycles. The van der Waals surface area contributed by atoms with Gasteiger partial charge in [-0.1, -0.05) is 46.4 Å². The number of morpholine rings is 4. The first-order valence-corrected chi connectivity index (χ1v) is 48.2. The lowest BCUT2D eigenvalue weighted by Crippen LogP contribution is -2.51. The number of nitrogens with zero attached hydrogens (tertiary/aromatic N) is 6. The maximum atomic E-state index is 12.8. The molecule has 3 amide bonds. The van der Waals surface area contributed by atoms with Crippen LogP contribution >= 0.6 is 46.4 Å². The number of halogens is 4. The highest BCUT2D eigenvalue weighted by atomic mass is 35.5. The molecule has 14 N–H and O–H groups in total. The first-order valence-electron chi connectivity index (χ1n) is 46.7. The Labute approximate surface area is 796 Å². The normalized spacial score (nSPS) is 21.7. The zero-order valence-electron chi connectivity index (χ0n) is 77.7. The SMILES string of the molecule is CCOC(=O)CCCCN1CCO[C@H](CN)C1.CCOC(=O)CCCCN1CCO[C@H](CNC(=O)c2cc(Cl)c(N)cc2OCC)C1.CCOc1cc(N)c(Cl)cc1C(=O)NC[C@@H]1CN(CCCCC(=O)OC2CN3CCC2CC3)CCO1.CCOc1cc(N)c(Cl)cc1C(=O)NC[C@@H]1CN(CCCCC(=O)O[C@H]2CN3CCC2CC3)CCO1.COc1cc(N)c(Cl)cc1C(=O)O. The Morgan fingerprint density at radius 3 is 0.947 bits per heavy atom. The van der Waals surface area contributed by atoms with Crippen molar-refractivity contribution in [3.05, 3.63) is 90.9 Å². The van der Waals surface area contributed by atoms with Crippen LogP contribution in [0.5, 0.6) is 23.0 Å². The van der Waals surface area contributed by atoms with E-state index in [1.807, 2.05) is 34.6 Å². The maximum absolute atomic E-state index is 12.8. The molecular weight excluding hydrogens is 1790 g/mol. The third kappa shape index (κ3) is 37.4. The average molecular weight is 1930 g/mol. The Hall–Kier alpha value is -8.24. The molecule has 0 radical (unpaired) electrons. The van der Waals surface area contributed by atoms with E-state index in [2.05, 4.69) is 45.3 Å². The van der Waals surface area contributed by atoms with Gasteiger partial charge in [-0.2, -0.15) is 0 Å². The highest BCUT2D eigenvalue weighted by molar-refractivity contribution is 6.35. The summed E-state index contributed by atoms with van der Waals surface area (Å²) in [5.74, 6) is 0.239. The van der Waals surface area contributed by atoms with Crippen LogP contribution in [0.25, 0.3) is 0 Å². The Morgan fingerprint density at radius 1 is 0.386 bits per heavy atom. The number of nitrogen functional groups attached to an aromatic ring is 4. The van der Waals surface area contributed by atoms with Gasteiger partial charge >= 0.3 is 29.8 Å². The van der Waals surface area contributed by atoms with Crippen molar-refractivity contribution in [2.75, 3.05) is 233 Å². The zero-order valence-corrected chi connectivity index (χ0v) is 80.7. The van der Waals surface area contributed by atoms with E-state index in [4.69, 9.17) is 137 Å². The number of hydrogen-bond acceptors (Lipinski definition) is 31. The molecule has 10 fully saturated rings. The number of aromatic carboxylic acids is 1. The Bertz CT molecular complexity index is 4120. The number of carbonyl (C=O) groups excluding carboxylic acids is 7. The minimum absolute atomic E-state index is 0.00157. The predicted molar refractivity (Wildman–Crippen MR) is 508 cm³/mol. The van der Waals surface area contributed by atoms with Gasteiger partial charge in [0.05, 0.1) is 151 Å². The predicted octanol–water partition coefficient (Wildman–Crippen LogP) is 9.61. The number of methoxy groups -OCH3 is 1. The summed E-state index contributed by atoms with van der Waals surface area (Å²) in [7, 11) is 1.37. The van der Waals surface area contributed by atoms with Crippen LogP contribution in [0, 0.1) is 11.8 Å². The number of nitrogens with one attached hydrogen (secondary N) is 3. The molecule has 10 heterocycles. The van der Waals surface area contributed by atoms with Crippen LogP contribution in [0.1, 0.15) is 179 Å². The van der Waals surface area contributed by atoms with E-state index in [9.17, 15) is 38.4 Å². The molecule has 0 aliphatic carbocycles. The molecule has 738 valence electrons. The standard InChI is InChI=1S/2C26H39ClN4O5.C21H32ClN3O5.C12H24N2O3.C8H8ClNO3/c2*1-2-34-23-14-22(28)21(27)13-20(23)26(33)29-15-19-16-30(11-12-35-19)8-4-3-5-25(32)36-24-17-31-9-6-18(24)7-10-31;1-3-28-19-12-18(23)17(22)11-16(19)21(27)24-13-15-14-25(9-10-30-15)8-6-5-7-20(26)29-4-2;1-2-16-12(15)5-3-4-6-14-7-8-17-11(9-13)10-14;1-13-7-3-6(10)5(9)2-4(7)8(11)12/h2*13-14,18-19,24H,2-12,15-17,28H2,1H3,(H,29,33);11-12,15H,3-10,13-14,23H2,1-2H3,(H,24,27);11H,2-10,13H2,1H3;2-3H,10H2,1H3,(H,11,12)/t19-,24?;19-,24+;15-;11-;/m1111./s1. The molecule has 4 bridgehead atoms. The van der Waals surface area contributed by atoms with Crippen LogP contribution < -0.4 is 63.6 Å². The zero-order chi connectivity index (χ0) is 95.4.